The van der Waals surface area contributed by atoms with E-state index >= 15 is 0 Å². The van der Waals surface area contributed by atoms with Crippen LogP contribution in [0.15, 0.2) is 24.3 Å². The molecule has 1 spiro atoms. The summed E-state index contributed by atoms with van der Waals surface area (Å²) < 4.78 is 46.8. The van der Waals surface area contributed by atoms with Crippen LogP contribution in [0.5, 0.6) is 5.75 Å². The number of ether oxygens (including phenoxy) is 2. The molecule has 0 radical (unpaired) electrons. The number of carbonyl (C=O) groups excluding carboxylic acids is 1. The molecule has 2 aliphatic rings. The lowest BCUT2D eigenvalue weighted by atomic mass is 9.68. The fraction of sp³-hybridized carbons (Fsp3) is 0.650. The zero-order valence-electron chi connectivity index (χ0n) is 15.9. The number of nitrogens with zero attached hydrogens (tertiary/aromatic N) is 1. The number of aliphatic hydroxyl groups is 1. The van der Waals surface area contributed by atoms with Gasteiger partial charge in [-0.25, -0.2) is 0 Å². The summed E-state index contributed by atoms with van der Waals surface area (Å²) in [6.45, 7) is 1.93. The van der Waals surface area contributed by atoms with Crippen LogP contribution in [0.25, 0.3) is 0 Å². The van der Waals surface area contributed by atoms with Gasteiger partial charge in [0.25, 0.3) is 0 Å². The van der Waals surface area contributed by atoms with Crippen LogP contribution in [0.3, 0.4) is 0 Å². The zero-order chi connectivity index (χ0) is 20.4. The molecule has 1 aliphatic carbocycles. The summed E-state index contributed by atoms with van der Waals surface area (Å²) >= 11 is 0. The van der Waals surface area contributed by atoms with E-state index in [2.05, 4.69) is 0 Å². The summed E-state index contributed by atoms with van der Waals surface area (Å²) in [6, 6.07) is 6.11. The average molecular weight is 401 g/mol. The smallest absolute Gasteiger partial charge is 0.422 e. The number of amides is 1. The van der Waals surface area contributed by atoms with Gasteiger partial charge in [-0.1, -0.05) is 0 Å². The molecule has 156 valence electrons. The van der Waals surface area contributed by atoms with Gasteiger partial charge in [0.15, 0.2) is 6.61 Å². The van der Waals surface area contributed by atoms with Gasteiger partial charge in [0.2, 0.25) is 5.91 Å². The van der Waals surface area contributed by atoms with Crippen LogP contribution in [0.4, 0.5) is 18.9 Å². The Morgan fingerprint density at radius 1 is 1.11 bits per heavy atom. The predicted octanol–water partition coefficient (Wildman–Crippen LogP) is 3.69. The van der Waals surface area contributed by atoms with Gasteiger partial charge in [-0.3, -0.25) is 4.79 Å². The molecule has 1 aliphatic heterocycles. The van der Waals surface area contributed by atoms with E-state index in [-0.39, 0.29) is 18.3 Å². The normalized spacial score (nSPS) is 28.2. The van der Waals surface area contributed by atoms with Crippen molar-refractivity contribution in [1.82, 2.24) is 0 Å². The molecule has 0 bridgehead atoms. The third-order valence-electron chi connectivity index (χ3n) is 5.78. The Bertz CT molecular complexity index is 682. The lowest BCUT2D eigenvalue weighted by Crippen LogP contribution is -2.45. The number of halogens is 3. The molecule has 1 aromatic rings. The average Bonchev–Trinajstić information content (AvgIpc) is 2.98. The molecule has 5 nitrogen and oxygen atoms in total. The number of anilines is 1. The van der Waals surface area contributed by atoms with Crippen molar-refractivity contribution in [2.45, 2.75) is 50.8 Å². The van der Waals surface area contributed by atoms with Crippen LogP contribution in [0, 0.1) is 5.41 Å². The van der Waals surface area contributed by atoms with Crippen molar-refractivity contribution in [3.8, 4) is 5.75 Å². The van der Waals surface area contributed by atoms with Crippen LogP contribution in [0.2, 0.25) is 0 Å². The van der Waals surface area contributed by atoms with Gasteiger partial charge >= 0.3 is 6.18 Å². The van der Waals surface area contributed by atoms with Crippen molar-refractivity contribution in [3.63, 3.8) is 0 Å². The van der Waals surface area contributed by atoms with Gasteiger partial charge in [-0.15, -0.1) is 0 Å². The Morgan fingerprint density at radius 3 is 2.32 bits per heavy atom. The summed E-state index contributed by atoms with van der Waals surface area (Å²) in [6.07, 6.45) is -1.41. The second kappa shape index (κ2) is 7.91. The Morgan fingerprint density at radius 2 is 1.75 bits per heavy atom. The van der Waals surface area contributed by atoms with Gasteiger partial charge in [-0.05, 0) is 63.3 Å². The number of benzene rings is 1. The number of alkyl halides is 3. The molecule has 28 heavy (non-hydrogen) atoms. The largest absolute Gasteiger partial charge is 0.484 e. The topological polar surface area (TPSA) is 59.0 Å². The molecule has 1 heterocycles. The molecular formula is C20H26F3NO4. The van der Waals surface area contributed by atoms with Crippen molar-refractivity contribution in [1.29, 1.82) is 0 Å². The number of rotatable bonds is 6. The minimum absolute atomic E-state index is 0.0231. The van der Waals surface area contributed by atoms with Crippen molar-refractivity contribution in [2.75, 3.05) is 31.3 Å². The summed E-state index contributed by atoms with van der Waals surface area (Å²) in [5.41, 5.74) is -0.688. The molecule has 3 rings (SSSR count). The van der Waals surface area contributed by atoms with Crippen molar-refractivity contribution >= 4 is 11.6 Å². The maximum Gasteiger partial charge on any atom is 0.422 e. The van der Waals surface area contributed by atoms with Gasteiger partial charge < -0.3 is 19.5 Å². The van der Waals surface area contributed by atoms with E-state index in [0.717, 1.165) is 0 Å². The number of hydrogen-bond acceptors (Lipinski definition) is 4. The molecule has 1 aromatic carbocycles. The predicted molar refractivity (Wildman–Crippen MR) is 97.3 cm³/mol. The third-order valence-corrected chi connectivity index (χ3v) is 5.78. The maximum absolute atomic E-state index is 13.1. The van der Waals surface area contributed by atoms with E-state index < -0.39 is 23.8 Å². The quantitative estimate of drug-likeness (QED) is 0.790. The first kappa shape index (κ1) is 20.9. The summed E-state index contributed by atoms with van der Waals surface area (Å²) in [4.78, 5) is 14.8. The lowest BCUT2D eigenvalue weighted by Gasteiger charge is -2.40. The third kappa shape index (κ3) is 4.60. The van der Waals surface area contributed by atoms with Crippen LogP contribution < -0.4 is 9.64 Å². The Hall–Kier alpha value is -1.80. The molecule has 1 N–H and O–H groups in total. The standard InChI is InChI=1S/C20H26F3NO4/c1-2-27-13-19(26)9-7-18(8-10-19)11-12-24(17(18)25)15-3-5-16(6-4-15)28-14-20(21,22)23/h3-6,26H,2,7-14H2,1H3. The van der Waals surface area contributed by atoms with Crippen molar-refractivity contribution in [3.05, 3.63) is 24.3 Å². The molecule has 1 amide bonds. The molecule has 1 saturated carbocycles. The van der Waals surface area contributed by atoms with E-state index in [0.29, 0.717) is 50.9 Å². The highest BCUT2D eigenvalue weighted by atomic mass is 19.4. The minimum Gasteiger partial charge on any atom is -0.484 e. The first-order valence-electron chi connectivity index (χ1n) is 9.58. The zero-order valence-corrected chi connectivity index (χ0v) is 15.9. The summed E-state index contributed by atoms with van der Waals surface area (Å²) in [5, 5.41) is 10.6. The van der Waals surface area contributed by atoms with Crippen LogP contribution in [-0.2, 0) is 9.53 Å². The van der Waals surface area contributed by atoms with E-state index in [1.165, 1.54) is 12.1 Å². The molecular weight excluding hydrogens is 375 g/mol. The van der Waals surface area contributed by atoms with Gasteiger partial charge in [0, 0.05) is 18.8 Å². The second-order valence-corrected chi connectivity index (χ2v) is 7.75. The van der Waals surface area contributed by atoms with E-state index in [4.69, 9.17) is 9.47 Å². The number of hydrogen-bond donors (Lipinski definition) is 1. The van der Waals surface area contributed by atoms with Gasteiger partial charge in [-0.2, -0.15) is 13.2 Å². The second-order valence-electron chi connectivity index (χ2n) is 7.75. The first-order chi connectivity index (χ1) is 13.2. The van der Waals surface area contributed by atoms with Crippen LogP contribution >= 0.6 is 0 Å². The Kier molecular flexibility index (Phi) is 5.91. The maximum atomic E-state index is 13.1. The van der Waals surface area contributed by atoms with Gasteiger partial charge in [0.05, 0.1) is 17.6 Å². The number of carbonyl (C=O) groups is 1. The van der Waals surface area contributed by atoms with Crippen molar-refractivity contribution < 1.29 is 32.5 Å². The van der Waals surface area contributed by atoms with E-state index in [1.54, 1.807) is 17.0 Å². The van der Waals surface area contributed by atoms with Crippen LogP contribution in [0.1, 0.15) is 39.0 Å². The Labute approximate surface area is 162 Å². The lowest BCUT2D eigenvalue weighted by molar-refractivity contribution is -0.153. The van der Waals surface area contributed by atoms with Gasteiger partial charge in [0.1, 0.15) is 5.75 Å². The fourth-order valence-corrected chi connectivity index (χ4v) is 4.05. The summed E-state index contributed by atoms with van der Waals surface area (Å²) in [7, 11) is 0. The van der Waals surface area contributed by atoms with Crippen LogP contribution in [-0.4, -0.2) is 49.2 Å². The monoisotopic (exact) mass is 401 g/mol. The highest BCUT2D eigenvalue weighted by molar-refractivity contribution is 6.00. The molecule has 1 saturated heterocycles. The minimum atomic E-state index is -4.39. The van der Waals surface area contributed by atoms with Crippen molar-refractivity contribution in [2.24, 2.45) is 5.41 Å². The molecule has 0 aromatic heterocycles. The molecule has 0 atom stereocenters. The highest BCUT2D eigenvalue weighted by Gasteiger charge is 2.51. The fourth-order valence-electron chi connectivity index (χ4n) is 4.05. The first-order valence-corrected chi connectivity index (χ1v) is 9.58. The highest BCUT2D eigenvalue weighted by Crippen LogP contribution is 2.48. The molecule has 0 unspecified atom stereocenters. The summed E-state index contributed by atoms with van der Waals surface area (Å²) in [5.74, 6) is 0.135. The SMILES string of the molecule is CCOCC1(O)CCC2(CCN(c3ccc(OCC(F)(F)F)cc3)C2=O)CC1. The van der Waals surface area contributed by atoms with E-state index in [9.17, 15) is 23.1 Å². The molecule has 8 heteroatoms. The van der Waals surface area contributed by atoms with E-state index in [1.807, 2.05) is 6.92 Å². The Balaban J connectivity index is 1.61. The molecule has 2 fully saturated rings.